The molecule has 16 heavy (non-hydrogen) atoms. The van der Waals surface area contributed by atoms with E-state index in [2.05, 4.69) is 18.7 Å². The molecule has 3 heteroatoms. The molecular weight excluding hydrogens is 202 g/mol. The maximum atomic E-state index is 9.71. The summed E-state index contributed by atoms with van der Waals surface area (Å²) < 4.78 is 0. The first-order valence-electron chi connectivity index (χ1n) is 5.72. The number of para-hydroxylation sites is 1. The van der Waals surface area contributed by atoms with Crippen molar-refractivity contribution in [3.63, 3.8) is 0 Å². The second-order valence-corrected chi connectivity index (χ2v) is 4.25. The molecule has 1 aromatic carbocycles. The standard InChI is InChI=1S/C13H21NO2/c1-10(2)14(8-9-15)13-7-5-4-6-12(13)11(3)16/h4-7,10-11,15-16H,8-9H2,1-3H3/t11-/m0/s1. The highest BCUT2D eigenvalue weighted by Gasteiger charge is 2.15. The summed E-state index contributed by atoms with van der Waals surface area (Å²) in [5.74, 6) is 0. The van der Waals surface area contributed by atoms with Crippen LogP contribution in [0.3, 0.4) is 0 Å². The number of aliphatic hydroxyl groups excluding tert-OH is 2. The summed E-state index contributed by atoms with van der Waals surface area (Å²) in [4.78, 5) is 2.10. The van der Waals surface area contributed by atoms with E-state index in [1.165, 1.54) is 0 Å². The van der Waals surface area contributed by atoms with Gasteiger partial charge in [0, 0.05) is 23.8 Å². The largest absolute Gasteiger partial charge is 0.395 e. The number of hydrogen-bond acceptors (Lipinski definition) is 3. The summed E-state index contributed by atoms with van der Waals surface area (Å²) >= 11 is 0. The molecule has 2 N–H and O–H groups in total. The lowest BCUT2D eigenvalue weighted by Gasteiger charge is -2.30. The normalized spacial score (nSPS) is 12.9. The molecule has 1 atom stereocenters. The lowest BCUT2D eigenvalue weighted by Crippen LogP contribution is -2.34. The Bertz CT molecular complexity index is 323. The molecule has 0 saturated heterocycles. The second kappa shape index (κ2) is 5.87. The van der Waals surface area contributed by atoms with Crippen molar-refractivity contribution in [1.29, 1.82) is 0 Å². The quantitative estimate of drug-likeness (QED) is 0.802. The summed E-state index contributed by atoms with van der Waals surface area (Å²) in [6.45, 7) is 6.62. The Morgan fingerprint density at radius 1 is 1.19 bits per heavy atom. The van der Waals surface area contributed by atoms with Gasteiger partial charge in [0.05, 0.1) is 12.7 Å². The topological polar surface area (TPSA) is 43.7 Å². The van der Waals surface area contributed by atoms with Crippen molar-refractivity contribution >= 4 is 5.69 Å². The number of aliphatic hydroxyl groups is 2. The molecule has 0 spiro atoms. The molecule has 0 aromatic heterocycles. The number of hydrogen-bond donors (Lipinski definition) is 2. The summed E-state index contributed by atoms with van der Waals surface area (Å²) in [7, 11) is 0. The van der Waals surface area contributed by atoms with Gasteiger partial charge in [0.2, 0.25) is 0 Å². The monoisotopic (exact) mass is 223 g/mol. The number of nitrogens with zero attached hydrogens (tertiary/aromatic N) is 1. The highest BCUT2D eigenvalue weighted by Crippen LogP contribution is 2.27. The minimum atomic E-state index is -0.490. The fourth-order valence-electron chi connectivity index (χ4n) is 1.87. The fraction of sp³-hybridized carbons (Fsp3) is 0.538. The highest BCUT2D eigenvalue weighted by molar-refractivity contribution is 5.55. The zero-order valence-electron chi connectivity index (χ0n) is 10.2. The van der Waals surface area contributed by atoms with Crippen LogP contribution in [0.4, 0.5) is 5.69 Å². The van der Waals surface area contributed by atoms with Gasteiger partial charge in [-0.15, -0.1) is 0 Å². The van der Waals surface area contributed by atoms with E-state index >= 15 is 0 Å². The summed E-state index contributed by atoms with van der Waals surface area (Å²) in [5.41, 5.74) is 1.91. The molecule has 0 fully saturated rings. The predicted octanol–water partition coefficient (Wildman–Crippen LogP) is 1.95. The van der Waals surface area contributed by atoms with Crippen molar-refractivity contribution < 1.29 is 10.2 Å². The molecule has 1 aromatic rings. The molecule has 90 valence electrons. The van der Waals surface area contributed by atoms with Crippen LogP contribution in [-0.2, 0) is 0 Å². The van der Waals surface area contributed by atoms with Gasteiger partial charge >= 0.3 is 0 Å². The Balaban J connectivity index is 3.07. The first-order valence-corrected chi connectivity index (χ1v) is 5.72. The van der Waals surface area contributed by atoms with Gasteiger partial charge in [0.1, 0.15) is 0 Å². The van der Waals surface area contributed by atoms with E-state index in [1.54, 1.807) is 6.92 Å². The minimum Gasteiger partial charge on any atom is -0.395 e. The summed E-state index contributed by atoms with van der Waals surface area (Å²) in [6, 6.07) is 8.08. The van der Waals surface area contributed by atoms with Gasteiger partial charge < -0.3 is 15.1 Å². The van der Waals surface area contributed by atoms with E-state index in [4.69, 9.17) is 5.11 Å². The maximum absolute atomic E-state index is 9.71. The van der Waals surface area contributed by atoms with Crippen LogP contribution in [0, 0.1) is 0 Å². The molecular formula is C13H21NO2. The number of rotatable bonds is 5. The number of anilines is 1. The van der Waals surface area contributed by atoms with Gasteiger partial charge in [-0.25, -0.2) is 0 Å². The molecule has 3 nitrogen and oxygen atoms in total. The molecule has 0 heterocycles. The lowest BCUT2D eigenvalue weighted by atomic mass is 10.1. The fourth-order valence-corrected chi connectivity index (χ4v) is 1.87. The molecule has 0 bridgehead atoms. The Hall–Kier alpha value is -1.06. The first kappa shape index (κ1) is 13.0. The second-order valence-electron chi connectivity index (χ2n) is 4.25. The first-order chi connectivity index (χ1) is 7.57. The van der Waals surface area contributed by atoms with Crippen molar-refractivity contribution in [2.45, 2.75) is 32.9 Å². The van der Waals surface area contributed by atoms with Crippen molar-refractivity contribution in [3.8, 4) is 0 Å². The van der Waals surface area contributed by atoms with Crippen LogP contribution in [-0.4, -0.2) is 29.4 Å². The average molecular weight is 223 g/mol. The molecule has 0 saturated carbocycles. The molecule has 0 unspecified atom stereocenters. The van der Waals surface area contributed by atoms with Crippen molar-refractivity contribution in [3.05, 3.63) is 29.8 Å². The molecule has 0 aliphatic rings. The van der Waals surface area contributed by atoms with E-state index in [0.29, 0.717) is 12.6 Å². The van der Waals surface area contributed by atoms with E-state index in [1.807, 2.05) is 24.3 Å². The SMILES string of the molecule is CC(C)N(CCO)c1ccccc1[C@H](C)O. The van der Waals surface area contributed by atoms with Crippen LogP contribution < -0.4 is 4.90 Å². The third-order valence-corrected chi connectivity index (χ3v) is 2.66. The smallest absolute Gasteiger partial charge is 0.0781 e. The Morgan fingerprint density at radius 3 is 2.31 bits per heavy atom. The van der Waals surface area contributed by atoms with E-state index in [9.17, 15) is 5.11 Å². The van der Waals surface area contributed by atoms with Gasteiger partial charge in [-0.05, 0) is 26.8 Å². The van der Waals surface area contributed by atoms with Gasteiger partial charge in [-0.3, -0.25) is 0 Å². The predicted molar refractivity (Wildman–Crippen MR) is 66.6 cm³/mol. The van der Waals surface area contributed by atoms with Crippen LogP contribution >= 0.6 is 0 Å². The highest BCUT2D eigenvalue weighted by atomic mass is 16.3. The van der Waals surface area contributed by atoms with E-state index < -0.39 is 6.10 Å². The Morgan fingerprint density at radius 2 is 1.81 bits per heavy atom. The summed E-state index contributed by atoms with van der Waals surface area (Å²) in [6.07, 6.45) is -0.490. The Labute approximate surface area is 97.3 Å². The van der Waals surface area contributed by atoms with Crippen molar-refractivity contribution in [2.24, 2.45) is 0 Å². The molecule has 0 aliphatic carbocycles. The van der Waals surface area contributed by atoms with Gasteiger partial charge in [-0.1, -0.05) is 18.2 Å². The molecule has 0 amide bonds. The average Bonchev–Trinajstić information content (AvgIpc) is 2.25. The van der Waals surface area contributed by atoms with Crippen LogP contribution in [0.15, 0.2) is 24.3 Å². The summed E-state index contributed by atoms with van der Waals surface area (Å²) in [5, 5.41) is 18.8. The van der Waals surface area contributed by atoms with Gasteiger partial charge in [-0.2, -0.15) is 0 Å². The minimum absolute atomic E-state index is 0.117. The van der Waals surface area contributed by atoms with Crippen LogP contribution in [0.25, 0.3) is 0 Å². The number of benzene rings is 1. The van der Waals surface area contributed by atoms with Crippen LogP contribution in [0.1, 0.15) is 32.4 Å². The van der Waals surface area contributed by atoms with Gasteiger partial charge in [0.15, 0.2) is 0 Å². The zero-order chi connectivity index (χ0) is 12.1. The van der Waals surface area contributed by atoms with Crippen LogP contribution in [0.5, 0.6) is 0 Å². The molecule has 0 radical (unpaired) electrons. The Kier molecular flexibility index (Phi) is 4.77. The van der Waals surface area contributed by atoms with Gasteiger partial charge in [0.25, 0.3) is 0 Å². The lowest BCUT2D eigenvalue weighted by molar-refractivity contribution is 0.199. The molecule has 0 aliphatic heterocycles. The van der Waals surface area contributed by atoms with Crippen molar-refractivity contribution in [2.75, 3.05) is 18.1 Å². The van der Waals surface area contributed by atoms with E-state index in [-0.39, 0.29) is 6.61 Å². The third-order valence-electron chi connectivity index (χ3n) is 2.66. The molecule has 1 rings (SSSR count). The maximum Gasteiger partial charge on any atom is 0.0781 e. The zero-order valence-corrected chi connectivity index (χ0v) is 10.2. The van der Waals surface area contributed by atoms with Crippen molar-refractivity contribution in [1.82, 2.24) is 0 Å². The third kappa shape index (κ3) is 2.97. The van der Waals surface area contributed by atoms with E-state index in [0.717, 1.165) is 11.3 Å². The van der Waals surface area contributed by atoms with Crippen LogP contribution in [0.2, 0.25) is 0 Å².